The average molecular weight is 562 g/mol. The molecule has 1 amide bonds. The maximum absolute atomic E-state index is 13.4. The number of pyridine rings is 1. The number of rotatable bonds is 7. The third-order valence-electron chi connectivity index (χ3n) is 7.46. The minimum atomic E-state index is -4.66. The molecule has 1 aromatic carbocycles. The summed E-state index contributed by atoms with van der Waals surface area (Å²) in [5, 5.41) is 2.84. The lowest BCUT2D eigenvalue weighted by molar-refractivity contribution is -0.145. The fourth-order valence-electron chi connectivity index (χ4n) is 5.28. The molecule has 0 radical (unpaired) electrons. The molecule has 7 rings (SSSR count). The number of nitrogens with one attached hydrogen (secondary N) is 1. The number of amides is 1. The molecule has 2 aromatic heterocycles. The van der Waals surface area contributed by atoms with E-state index >= 15 is 0 Å². The molecule has 0 unspecified atom stereocenters. The summed E-state index contributed by atoms with van der Waals surface area (Å²) in [5.74, 6) is -2.11. The second kappa shape index (κ2) is 9.33. The van der Waals surface area contributed by atoms with Gasteiger partial charge in [0.2, 0.25) is 21.8 Å². The molecule has 1 N–H and O–H groups in total. The molecule has 8 nitrogen and oxygen atoms in total. The van der Waals surface area contributed by atoms with Gasteiger partial charge in [-0.25, -0.2) is 22.8 Å². The summed E-state index contributed by atoms with van der Waals surface area (Å²) < 4.78 is 79.9. The van der Waals surface area contributed by atoms with Gasteiger partial charge < -0.3 is 5.32 Å². The molecule has 3 aromatic rings. The van der Waals surface area contributed by atoms with E-state index in [1.807, 2.05) is 6.07 Å². The molecular weight excluding hydrogens is 538 g/mol. The van der Waals surface area contributed by atoms with Crippen molar-refractivity contribution in [2.24, 2.45) is 5.92 Å². The van der Waals surface area contributed by atoms with Crippen molar-refractivity contribution in [3.8, 4) is 11.3 Å². The van der Waals surface area contributed by atoms with Crippen molar-refractivity contribution in [3.63, 3.8) is 0 Å². The van der Waals surface area contributed by atoms with Crippen LogP contribution in [0, 0.1) is 11.7 Å². The van der Waals surface area contributed by atoms with Crippen LogP contribution in [0.3, 0.4) is 0 Å². The molecule has 39 heavy (non-hydrogen) atoms. The standard InChI is InChI=1S/C26H23F4N5O3S/c27-18-3-5-20(6-4-18)39(37,38)35-19-9-16(10-19)23(35)24(36)31-11-14-7-21(15-1-2-15)34-22(8-14)17-12-32-25(33-13-17)26(28,29)30/h3-8,12-13,15-16,19,23H,1-2,9-11H2,(H,31,36)/t16?,19?,23-/m0/s1. The van der Waals surface area contributed by atoms with Crippen molar-refractivity contribution in [3.05, 3.63) is 71.7 Å². The summed E-state index contributed by atoms with van der Waals surface area (Å²) in [7, 11) is -4.00. The van der Waals surface area contributed by atoms with Gasteiger partial charge in [-0.15, -0.1) is 0 Å². The van der Waals surface area contributed by atoms with Gasteiger partial charge in [0.25, 0.3) is 0 Å². The highest BCUT2D eigenvalue weighted by atomic mass is 32.2. The number of nitrogens with zero attached hydrogens (tertiary/aromatic N) is 4. The van der Waals surface area contributed by atoms with Gasteiger partial charge in [0.15, 0.2) is 0 Å². The van der Waals surface area contributed by atoms with Crippen molar-refractivity contribution < 1.29 is 30.8 Å². The van der Waals surface area contributed by atoms with E-state index in [1.54, 1.807) is 6.07 Å². The maximum Gasteiger partial charge on any atom is 0.451 e. The summed E-state index contributed by atoms with van der Waals surface area (Å²) in [4.78, 5) is 24.6. The molecule has 2 aliphatic carbocycles. The van der Waals surface area contributed by atoms with Crippen molar-refractivity contribution in [1.29, 1.82) is 0 Å². The minimum Gasteiger partial charge on any atom is -0.351 e. The van der Waals surface area contributed by atoms with Crippen LogP contribution >= 0.6 is 0 Å². The fraction of sp³-hybridized carbons (Fsp3) is 0.385. The van der Waals surface area contributed by atoms with Gasteiger partial charge in [0.1, 0.15) is 11.9 Å². The highest BCUT2D eigenvalue weighted by Gasteiger charge is 2.58. The van der Waals surface area contributed by atoms with Gasteiger partial charge in [-0.05, 0) is 73.6 Å². The second-order valence-electron chi connectivity index (χ2n) is 10.2. The number of carbonyl (C=O) groups excluding carboxylic acids is 1. The first-order valence-corrected chi connectivity index (χ1v) is 13.9. The Bertz CT molecular complexity index is 1520. The van der Waals surface area contributed by atoms with Crippen LogP contribution in [0.4, 0.5) is 17.6 Å². The third kappa shape index (κ3) is 4.89. The largest absolute Gasteiger partial charge is 0.451 e. The predicted octanol–water partition coefficient (Wildman–Crippen LogP) is 4.04. The van der Waals surface area contributed by atoms with Crippen molar-refractivity contribution in [2.45, 2.75) is 61.3 Å². The second-order valence-corrected chi connectivity index (χ2v) is 12.0. The SMILES string of the molecule is O=C(NCc1cc(-c2cnc(C(F)(F)F)nc2)nc(C2CC2)c1)[C@@H]1C2CC(C2)N1S(=O)(=O)c1ccc(F)cc1. The Hall–Kier alpha value is -3.45. The number of fused-ring (bicyclic) bond motifs is 1. The van der Waals surface area contributed by atoms with Crippen LogP contribution in [0.1, 0.15) is 48.7 Å². The molecule has 4 aliphatic rings. The Morgan fingerprint density at radius 3 is 2.33 bits per heavy atom. The first-order chi connectivity index (χ1) is 18.5. The maximum atomic E-state index is 13.4. The minimum absolute atomic E-state index is 0.0686. The van der Waals surface area contributed by atoms with Crippen molar-refractivity contribution in [2.75, 3.05) is 0 Å². The van der Waals surface area contributed by atoms with Crippen molar-refractivity contribution in [1.82, 2.24) is 24.6 Å². The monoisotopic (exact) mass is 561 g/mol. The lowest BCUT2D eigenvalue weighted by Gasteiger charge is -2.25. The van der Waals surface area contributed by atoms with Gasteiger partial charge in [-0.1, -0.05) is 0 Å². The molecule has 2 bridgehead atoms. The molecule has 2 saturated heterocycles. The van der Waals surface area contributed by atoms with Crippen LogP contribution in [-0.2, 0) is 27.5 Å². The number of aromatic nitrogens is 3. The zero-order valence-electron chi connectivity index (χ0n) is 20.4. The number of hydrogen-bond donors (Lipinski definition) is 1. The number of benzene rings is 1. The quantitative estimate of drug-likeness (QED) is 0.437. The van der Waals surface area contributed by atoms with Crippen LogP contribution in [0.25, 0.3) is 11.3 Å². The third-order valence-corrected chi connectivity index (χ3v) is 9.40. The zero-order valence-corrected chi connectivity index (χ0v) is 21.2. The number of alkyl halides is 3. The number of halogens is 4. The molecule has 1 atom stereocenters. The number of sulfonamides is 1. The van der Waals surface area contributed by atoms with Crippen LogP contribution in [0.5, 0.6) is 0 Å². The van der Waals surface area contributed by atoms with Crippen LogP contribution in [-0.4, -0.2) is 45.7 Å². The van der Waals surface area contributed by atoms with Crippen LogP contribution in [0.15, 0.2) is 53.7 Å². The Kier molecular flexibility index (Phi) is 6.18. The van der Waals surface area contributed by atoms with E-state index in [1.165, 1.54) is 16.4 Å². The van der Waals surface area contributed by atoms with E-state index in [0.29, 0.717) is 29.7 Å². The van der Waals surface area contributed by atoms with E-state index in [-0.39, 0.29) is 29.3 Å². The summed E-state index contributed by atoms with van der Waals surface area (Å²) >= 11 is 0. The number of carbonyl (C=O) groups is 1. The van der Waals surface area contributed by atoms with E-state index < -0.39 is 39.8 Å². The van der Waals surface area contributed by atoms with Gasteiger partial charge in [-0.2, -0.15) is 17.5 Å². The Morgan fingerprint density at radius 2 is 1.72 bits per heavy atom. The van der Waals surface area contributed by atoms with E-state index in [2.05, 4.69) is 20.3 Å². The van der Waals surface area contributed by atoms with Gasteiger partial charge in [0.05, 0.1) is 10.6 Å². The van der Waals surface area contributed by atoms with E-state index in [4.69, 9.17) is 0 Å². The average Bonchev–Trinajstić information content (AvgIpc) is 3.56. The van der Waals surface area contributed by atoms with E-state index in [0.717, 1.165) is 43.1 Å². The first-order valence-electron chi connectivity index (χ1n) is 12.5. The molecule has 4 fully saturated rings. The lowest BCUT2D eigenvalue weighted by Crippen LogP contribution is -2.46. The molecule has 0 spiro atoms. The Morgan fingerprint density at radius 1 is 1.05 bits per heavy atom. The van der Waals surface area contributed by atoms with Gasteiger partial charge in [0, 0.05) is 42.2 Å². The zero-order chi connectivity index (χ0) is 27.5. The summed E-state index contributed by atoms with van der Waals surface area (Å²) in [6, 6.07) is 6.86. The van der Waals surface area contributed by atoms with Crippen LogP contribution in [0.2, 0.25) is 0 Å². The smallest absolute Gasteiger partial charge is 0.351 e. The topological polar surface area (TPSA) is 105 Å². The number of hydrogen-bond acceptors (Lipinski definition) is 6. The van der Waals surface area contributed by atoms with Gasteiger partial charge in [-0.3, -0.25) is 9.78 Å². The predicted molar refractivity (Wildman–Crippen MR) is 130 cm³/mol. The van der Waals surface area contributed by atoms with Crippen LogP contribution < -0.4 is 5.32 Å². The highest BCUT2D eigenvalue weighted by molar-refractivity contribution is 7.89. The summed E-state index contributed by atoms with van der Waals surface area (Å²) in [5.41, 5.74) is 2.14. The van der Waals surface area contributed by atoms with E-state index in [9.17, 15) is 30.8 Å². The summed E-state index contributed by atoms with van der Waals surface area (Å²) in [6.07, 6.45) is 0.522. The molecule has 2 saturated carbocycles. The molecule has 4 heterocycles. The Labute approximate surface area is 221 Å². The lowest BCUT2D eigenvalue weighted by atomic mass is 9.83. The first kappa shape index (κ1) is 25.8. The molecule has 204 valence electrons. The molecule has 13 heteroatoms. The molecular formula is C26H23F4N5O3S. The summed E-state index contributed by atoms with van der Waals surface area (Å²) in [6.45, 7) is 0.0773. The van der Waals surface area contributed by atoms with Gasteiger partial charge >= 0.3 is 6.18 Å². The highest BCUT2D eigenvalue weighted by Crippen LogP contribution is 2.48. The Balaban J connectivity index is 1.22. The molecule has 2 aliphatic heterocycles. The van der Waals surface area contributed by atoms with Crippen molar-refractivity contribution >= 4 is 15.9 Å². The normalized spacial score (nSPS) is 22.9. The fourth-order valence-corrected chi connectivity index (χ4v) is 7.14.